The zero-order valence-corrected chi connectivity index (χ0v) is 16.3. The van der Waals surface area contributed by atoms with Gasteiger partial charge >= 0.3 is 27.7 Å². The van der Waals surface area contributed by atoms with Gasteiger partial charge in [-0.25, -0.2) is 0 Å². The fourth-order valence-electron chi connectivity index (χ4n) is 0. The van der Waals surface area contributed by atoms with Crippen molar-refractivity contribution >= 4 is 57.1 Å². The molecule has 0 aromatic rings. The van der Waals surface area contributed by atoms with Crippen LogP contribution < -0.4 is 10.2 Å². The molecule has 0 fully saturated rings. The number of hydrogen-bond acceptors (Lipinski definition) is 4. The van der Waals surface area contributed by atoms with Crippen molar-refractivity contribution in [3.05, 3.63) is 20.3 Å². The van der Waals surface area contributed by atoms with Gasteiger partial charge in [-0.05, 0) is 45.2 Å². The van der Waals surface area contributed by atoms with Crippen LogP contribution in [-0.2, 0) is 37.3 Å². The van der Waals surface area contributed by atoms with Crippen molar-refractivity contribution < 1.29 is 47.5 Å². The van der Waals surface area contributed by atoms with E-state index >= 15 is 0 Å². The Hall–Kier alpha value is 0.815. The molecule has 0 aliphatic rings. The summed E-state index contributed by atoms with van der Waals surface area (Å²) in [5.74, 6) is -2.40. The molecule has 7 heteroatoms. The number of hydrogen-bond donors (Lipinski definition) is 0. The Bertz CT molecular complexity index is 179. The van der Waals surface area contributed by atoms with E-state index in [0.717, 1.165) is 0 Å². The van der Waals surface area contributed by atoms with Gasteiger partial charge in [0.05, 0.1) is 11.9 Å². The molecule has 0 aromatic heterocycles. The van der Waals surface area contributed by atoms with Gasteiger partial charge in [0, 0.05) is 7.16 Å². The minimum absolute atomic E-state index is 0. The van der Waals surface area contributed by atoms with E-state index in [2.05, 4.69) is 13.2 Å². The quantitative estimate of drug-likeness (QED) is 0.243. The second-order valence-electron chi connectivity index (χ2n) is 1.38. The molecule has 0 saturated carbocycles. The molecule has 0 aromatic carbocycles. The molecular weight excluding hydrogens is 590 g/mol. The van der Waals surface area contributed by atoms with Gasteiger partial charge in [0.2, 0.25) is 0 Å². The fraction of sp³-hybridized carbons (Fsp3) is 0. The third-order valence-corrected chi connectivity index (χ3v) is 1.32. The van der Waals surface area contributed by atoms with E-state index in [-0.39, 0.29) is 34.8 Å². The predicted molar refractivity (Wildman–Crippen MR) is 56.3 cm³/mol. The minimum atomic E-state index is -1.20. The summed E-state index contributed by atoms with van der Waals surface area (Å²) < 4.78 is 0.0696. The number of carboxylic acids is 2. The molecular formula is C6H4HgI2O4. The first-order chi connectivity index (χ1) is 5.29. The van der Waals surface area contributed by atoms with E-state index in [1.807, 2.05) is 0 Å². The summed E-state index contributed by atoms with van der Waals surface area (Å²) in [6.45, 7) is 6.16. The molecule has 0 unspecified atom stereocenters. The summed E-state index contributed by atoms with van der Waals surface area (Å²) in [5.41, 5.74) is 0. The fourth-order valence-corrected chi connectivity index (χ4v) is 0. The van der Waals surface area contributed by atoms with E-state index in [0.29, 0.717) is 0 Å². The van der Waals surface area contributed by atoms with Crippen LogP contribution >= 0.6 is 45.2 Å². The average molecular weight is 594 g/mol. The van der Waals surface area contributed by atoms with Crippen molar-refractivity contribution in [2.24, 2.45) is 0 Å². The monoisotopic (exact) mass is 596 g/mol. The Morgan fingerprint density at radius 1 is 0.923 bits per heavy atom. The van der Waals surface area contributed by atoms with Crippen molar-refractivity contribution in [3.63, 3.8) is 0 Å². The second kappa shape index (κ2) is 10.9. The molecule has 0 N–H and O–H groups in total. The Morgan fingerprint density at radius 2 is 1.00 bits per heavy atom. The summed E-state index contributed by atoms with van der Waals surface area (Å²) in [6.07, 6.45) is 0. The number of carbonyl (C=O) groups is 2. The first kappa shape index (κ1) is 19.4. The number of aliphatic carboxylic acids is 2. The van der Waals surface area contributed by atoms with Crippen LogP contribution in [0.4, 0.5) is 0 Å². The van der Waals surface area contributed by atoms with Gasteiger partial charge in [0.1, 0.15) is 0 Å². The first-order valence-corrected chi connectivity index (χ1v) is 4.56. The average Bonchev–Trinajstić information content (AvgIpc) is 1.88. The Kier molecular flexibility index (Phi) is 16.3. The molecule has 0 bridgehead atoms. The Balaban J connectivity index is -0.000000143. The normalized spacial score (nSPS) is 6.92. The summed E-state index contributed by atoms with van der Waals surface area (Å²) in [4.78, 5) is 19.0. The van der Waals surface area contributed by atoms with E-state index in [1.165, 1.54) is 0 Å². The third-order valence-electron chi connectivity index (χ3n) is 0.443. The molecule has 4 nitrogen and oxygen atoms in total. The standard InChI is InChI=1S/2C3H3IO2.Hg/c2*1-2(4)3(5)6;/h2*1H2,(H,5,6);/q;;+2/p-2. The van der Waals surface area contributed by atoms with Crippen LogP contribution in [0.25, 0.3) is 0 Å². The summed E-state index contributed by atoms with van der Waals surface area (Å²) in [6, 6.07) is 0. The van der Waals surface area contributed by atoms with Crippen molar-refractivity contribution in [2.75, 3.05) is 0 Å². The maximum absolute atomic E-state index is 9.48. The molecule has 0 spiro atoms. The van der Waals surface area contributed by atoms with Gasteiger partial charge < -0.3 is 19.8 Å². The van der Waals surface area contributed by atoms with Crippen molar-refractivity contribution in [3.8, 4) is 0 Å². The number of halogens is 2. The van der Waals surface area contributed by atoms with Crippen LogP contribution in [0.1, 0.15) is 0 Å². The van der Waals surface area contributed by atoms with Crippen LogP contribution in [0.3, 0.4) is 0 Å². The van der Waals surface area contributed by atoms with E-state index in [9.17, 15) is 19.8 Å². The Labute approximate surface area is 123 Å². The van der Waals surface area contributed by atoms with Gasteiger partial charge in [0.15, 0.2) is 0 Å². The number of carbonyl (C=O) groups excluding carboxylic acids is 2. The molecule has 0 amide bonds. The Morgan fingerprint density at radius 3 is 1.00 bits per heavy atom. The summed E-state index contributed by atoms with van der Waals surface area (Å²) in [5, 5.41) is 19.0. The molecule has 0 aliphatic heterocycles. The molecule has 13 heavy (non-hydrogen) atoms. The van der Waals surface area contributed by atoms with E-state index in [1.54, 1.807) is 45.2 Å². The molecule has 0 radical (unpaired) electrons. The summed E-state index contributed by atoms with van der Waals surface area (Å²) in [7, 11) is 0. The van der Waals surface area contributed by atoms with Gasteiger partial charge in [-0.15, -0.1) is 0 Å². The molecule has 0 atom stereocenters. The third kappa shape index (κ3) is 19.3. The molecule has 0 rings (SSSR count). The van der Waals surface area contributed by atoms with Gasteiger partial charge in [0.25, 0.3) is 0 Å². The SMILES string of the molecule is C=C(I)C(=O)[O-].C=C(I)C(=O)[O-].[Hg+2]. The van der Waals surface area contributed by atoms with Crippen LogP contribution in [0.2, 0.25) is 0 Å². The number of rotatable bonds is 2. The van der Waals surface area contributed by atoms with Gasteiger partial charge in [-0.2, -0.15) is 0 Å². The van der Waals surface area contributed by atoms with Crippen LogP contribution in [-0.4, -0.2) is 11.9 Å². The maximum Gasteiger partial charge on any atom is 2.00 e. The van der Waals surface area contributed by atoms with Crippen molar-refractivity contribution in [1.82, 2.24) is 0 Å². The summed E-state index contributed by atoms with van der Waals surface area (Å²) >= 11 is 3.15. The second-order valence-corrected chi connectivity index (χ2v) is 3.99. The largest absolute Gasteiger partial charge is 2.00 e. The topological polar surface area (TPSA) is 80.3 Å². The van der Waals surface area contributed by atoms with Gasteiger partial charge in [-0.1, -0.05) is 13.2 Å². The van der Waals surface area contributed by atoms with Gasteiger partial charge in [-0.3, -0.25) is 0 Å². The predicted octanol–water partition coefficient (Wildman–Crippen LogP) is -0.633. The molecule has 68 valence electrons. The zero-order chi connectivity index (χ0) is 10.3. The minimum Gasteiger partial charge on any atom is -0.544 e. The van der Waals surface area contributed by atoms with Crippen LogP contribution in [0.15, 0.2) is 20.3 Å². The van der Waals surface area contributed by atoms with Crippen LogP contribution in [0.5, 0.6) is 0 Å². The van der Waals surface area contributed by atoms with E-state index in [4.69, 9.17) is 0 Å². The molecule has 0 heterocycles. The van der Waals surface area contributed by atoms with E-state index < -0.39 is 11.9 Å². The maximum atomic E-state index is 9.48. The molecule has 0 saturated heterocycles. The molecule has 0 aliphatic carbocycles. The van der Waals surface area contributed by atoms with Crippen molar-refractivity contribution in [1.29, 1.82) is 0 Å². The van der Waals surface area contributed by atoms with Crippen molar-refractivity contribution in [2.45, 2.75) is 0 Å². The van der Waals surface area contributed by atoms with Crippen LogP contribution in [0, 0.1) is 0 Å². The zero-order valence-electron chi connectivity index (χ0n) is 6.51. The number of carboxylic acid groups (broad SMARTS) is 2. The smallest absolute Gasteiger partial charge is 0.544 e. The first-order valence-electron chi connectivity index (χ1n) is 2.40.